The van der Waals surface area contributed by atoms with Gasteiger partial charge in [-0.3, -0.25) is 14.6 Å². The summed E-state index contributed by atoms with van der Waals surface area (Å²) in [6.07, 6.45) is 2.72. The van der Waals surface area contributed by atoms with E-state index in [0.29, 0.717) is 19.4 Å². The van der Waals surface area contributed by atoms with Crippen molar-refractivity contribution in [3.8, 4) is 11.3 Å². The maximum absolute atomic E-state index is 13.0. The highest BCUT2D eigenvalue weighted by Gasteiger charge is 2.31. The van der Waals surface area contributed by atoms with Crippen molar-refractivity contribution in [2.45, 2.75) is 52.5 Å². The standard InChI is InChI=1S/C26H33IN4O4S/c1-15(24(33)31-9-5-6-20(30-31)25(34)35-4)10-22-28-21(13-36-22)16-7-8-19-17(11-16)18(23(27)29-19)12-26(2,3)14-32/h7-8,11,13,15,20,29-30,32H,5-6,9-10,12,14H2,1-4H3/t15-,20-/m0/s1. The van der Waals surface area contributed by atoms with Crippen molar-refractivity contribution in [1.29, 1.82) is 0 Å². The second kappa shape index (κ2) is 11.2. The molecule has 1 aliphatic heterocycles. The Balaban J connectivity index is 1.48. The van der Waals surface area contributed by atoms with Gasteiger partial charge in [-0.05, 0) is 65.0 Å². The smallest absolute Gasteiger partial charge is 0.324 e. The minimum absolute atomic E-state index is 0.0418. The van der Waals surface area contributed by atoms with Crippen LogP contribution < -0.4 is 5.43 Å². The molecule has 4 rings (SSSR count). The average molecular weight is 625 g/mol. The van der Waals surface area contributed by atoms with Gasteiger partial charge in [0.2, 0.25) is 5.91 Å². The number of ether oxygens (including phenoxy) is 1. The Morgan fingerprint density at radius 1 is 1.39 bits per heavy atom. The third kappa shape index (κ3) is 5.92. The Morgan fingerprint density at radius 2 is 2.17 bits per heavy atom. The first-order valence-electron chi connectivity index (χ1n) is 12.1. The van der Waals surface area contributed by atoms with E-state index < -0.39 is 6.04 Å². The fourth-order valence-electron chi connectivity index (χ4n) is 4.49. The fourth-order valence-corrected chi connectivity index (χ4v) is 6.20. The van der Waals surface area contributed by atoms with Gasteiger partial charge in [0.15, 0.2) is 0 Å². The summed E-state index contributed by atoms with van der Waals surface area (Å²) in [6.45, 7) is 6.73. The van der Waals surface area contributed by atoms with E-state index in [1.165, 1.54) is 12.7 Å². The summed E-state index contributed by atoms with van der Waals surface area (Å²) in [5, 5.41) is 15.4. The number of methoxy groups -OCH3 is 1. The van der Waals surface area contributed by atoms with Crippen LogP contribution in [0.15, 0.2) is 23.6 Å². The van der Waals surface area contributed by atoms with Gasteiger partial charge in [-0.1, -0.05) is 26.8 Å². The molecule has 0 unspecified atom stereocenters. The number of carbonyl (C=O) groups is 2. The Morgan fingerprint density at radius 3 is 2.89 bits per heavy atom. The number of nitrogens with one attached hydrogen (secondary N) is 2. The van der Waals surface area contributed by atoms with Crippen LogP contribution in [0.25, 0.3) is 22.2 Å². The number of aliphatic hydroxyl groups excluding tert-OH is 1. The monoisotopic (exact) mass is 624 g/mol. The Hall–Kier alpha value is -2.02. The lowest BCUT2D eigenvalue weighted by molar-refractivity contribution is -0.150. The van der Waals surface area contributed by atoms with Gasteiger partial charge in [-0.25, -0.2) is 10.4 Å². The highest BCUT2D eigenvalue weighted by Crippen LogP contribution is 2.34. The molecule has 0 radical (unpaired) electrons. The van der Waals surface area contributed by atoms with Crippen LogP contribution in [-0.4, -0.2) is 58.3 Å². The Bertz CT molecular complexity index is 1250. The van der Waals surface area contributed by atoms with Crippen LogP contribution in [0.3, 0.4) is 0 Å². The molecule has 0 saturated carbocycles. The third-order valence-electron chi connectivity index (χ3n) is 6.63. The molecule has 1 aromatic carbocycles. The maximum Gasteiger partial charge on any atom is 0.324 e. The number of aromatic nitrogens is 2. The first-order chi connectivity index (χ1) is 17.1. The number of halogens is 1. The number of hydrazine groups is 1. The molecule has 2 aromatic heterocycles. The summed E-state index contributed by atoms with van der Waals surface area (Å²) < 4.78 is 5.91. The van der Waals surface area contributed by atoms with Crippen molar-refractivity contribution < 1.29 is 19.4 Å². The molecule has 10 heteroatoms. The van der Waals surface area contributed by atoms with Crippen LogP contribution in [-0.2, 0) is 27.2 Å². The highest BCUT2D eigenvalue weighted by molar-refractivity contribution is 14.1. The fraction of sp³-hybridized carbons (Fsp3) is 0.500. The van der Waals surface area contributed by atoms with E-state index in [0.717, 1.165) is 43.7 Å². The van der Waals surface area contributed by atoms with Crippen LogP contribution in [0.5, 0.6) is 0 Å². The normalized spacial score (nSPS) is 17.4. The van der Waals surface area contributed by atoms with E-state index >= 15 is 0 Å². The number of hydrogen-bond donors (Lipinski definition) is 3. The predicted molar refractivity (Wildman–Crippen MR) is 149 cm³/mol. The molecule has 8 nitrogen and oxygen atoms in total. The number of carbonyl (C=O) groups excluding carboxylic acids is 2. The zero-order valence-corrected chi connectivity index (χ0v) is 24.0. The van der Waals surface area contributed by atoms with Crippen LogP contribution in [0.2, 0.25) is 0 Å². The molecule has 1 amide bonds. The Labute approximate surface area is 228 Å². The summed E-state index contributed by atoms with van der Waals surface area (Å²) in [5.74, 6) is -0.657. The van der Waals surface area contributed by atoms with Crippen molar-refractivity contribution in [3.05, 3.63) is 37.9 Å². The van der Waals surface area contributed by atoms with Gasteiger partial charge in [0, 0.05) is 47.3 Å². The average Bonchev–Trinajstić information content (AvgIpc) is 3.46. The van der Waals surface area contributed by atoms with Gasteiger partial charge in [-0.2, -0.15) is 0 Å². The van der Waals surface area contributed by atoms with E-state index in [9.17, 15) is 14.7 Å². The third-order valence-corrected chi connectivity index (χ3v) is 8.42. The molecule has 0 spiro atoms. The molecular weight excluding hydrogens is 591 g/mol. The number of esters is 1. The van der Waals surface area contributed by atoms with E-state index in [4.69, 9.17) is 9.72 Å². The number of aromatic amines is 1. The molecule has 1 saturated heterocycles. The van der Waals surface area contributed by atoms with Crippen molar-refractivity contribution in [1.82, 2.24) is 20.4 Å². The summed E-state index contributed by atoms with van der Waals surface area (Å²) in [4.78, 5) is 33.2. The molecule has 2 atom stereocenters. The Kier molecular flexibility index (Phi) is 8.38. The number of nitrogens with zero attached hydrogens (tertiary/aromatic N) is 2. The summed E-state index contributed by atoms with van der Waals surface area (Å²) in [7, 11) is 1.36. The summed E-state index contributed by atoms with van der Waals surface area (Å²) >= 11 is 3.88. The van der Waals surface area contributed by atoms with Gasteiger partial charge in [0.05, 0.1) is 21.5 Å². The summed E-state index contributed by atoms with van der Waals surface area (Å²) in [5.41, 5.74) is 7.01. The lowest BCUT2D eigenvalue weighted by Crippen LogP contribution is -2.56. The molecule has 1 aliphatic rings. The van der Waals surface area contributed by atoms with Gasteiger partial charge in [0.25, 0.3) is 0 Å². The van der Waals surface area contributed by atoms with Gasteiger partial charge < -0.3 is 14.8 Å². The SMILES string of the molecule is COC(=O)[C@@H]1CCCN(C(=O)[C@@H](C)Cc2nc(-c3ccc4[nH]c(I)c(CC(C)(C)CO)c4c3)cs2)N1. The van der Waals surface area contributed by atoms with E-state index in [1.54, 1.807) is 16.3 Å². The van der Waals surface area contributed by atoms with Crippen LogP contribution in [0.4, 0.5) is 0 Å². The number of rotatable bonds is 8. The molecule has 36 heavy (non-hydrogen) atoms. The highest BCUT2D eigenvalue weighted by atomic mass is 127. The molecule has 0 bridgehead atoms. The number of hydrogen-bond acceptors (Lipinski definition) is 7. The largest absolute Gasteiger partial charge is 0.468 e. The van der Waals surface area contributed by atoms with E-state index in [-0.39, 0.29) is 29.8 Å². The maximum atomic E-state index is 13.0. The number of amides is 1. The molecule has 1 fully saturated rings. The summed E-state index contributed by atoms with van der Waals surface area (Å²) in [6, 6.07) is 5.82. The van der Waals surface area contributed by atoms with E-state index in [2.05, 4.69) is 65.0 Å². The molecule has 3 aromatic rings. The zero-order chi connectivity index (χ0) is 26.0. The first kappa shape index (κ1) is 27.0. The van der Waals surface area contributed by atoms with E-state index in [1.807, 2.05) is 12.3 Å². The quantitative estimate of drug-likeness (QED) is 0.255. The van der Waals surface area contributed by atoms with Crippen LogP contribution in [0.1, 0.15) is 44.2 Å². The van der Waals surface area contributed by atoms with Crippen molar-refractivity contribution in [3.63, 3.8) is 0 Å². The minimum Gasteiger partial charge on any atom is -0.468 e. The minimum atomic E-state index is -0.481. The second-order valence-corrected chi connectivity index (χ2v) is 12.3. The number of benzene rings is 1. The topological polar surface area (TPSA) is 108 Å². The molecule has 3 N–H and O–H groups in total. The lowest BCUT2D eigenvalue weighted by atomic mass is 9.86. The van der Waals surface area contributed by atoms with Crippen LogP contribution >= 0.6 is 33.9 Å². The number of thiazole rings is 1. The van der Waals surface area contributed by atoms with Crippen molar-refractivity contribution >= 4 is 56.7 Å². The van der Waals surface area contributed by atoms with Crippen LogP contribution in [0, 0.1) is 15.0 Å². The second-order valence-electron chi connectivity index (χ2n) is 10.2. The van der Waals surface area contributed by atoms with Crippen molar-refractivity contribution in [2.75, 3.05) is 20.3 Å². The predicted octanol–water partition coefficient (Wildman–Crippen LogP) is 4.30. The first-order valence-corrected chi connectivity index (χ1v) is 14.1. The van der Waals surface area contributed by atoms with Gasteiger partial charge in [0.1, 0.15) is 6.04 Å². The number of aliphatic hydroxyl groups is 1. The zero-order valence-electron chi connectivity index (χ0n) is 21.1. The lowest BCUT2D eigenvalue weighted by Gasteiger charge is -2.33. The molecule has 0 aliphatic carbocycles. The molecule has 3 heterocycles. The molecular formula is C26H33IN4O4S. The molecule has 194 valence electrons. The number of H-pyrrole nitrogens is 1. The van der Waals surface area contributed by atoms with Crippen molar-refractivity contribution in [2.24, 2.45) is 11.3 Å². The van der Waals surface area contributed by atoms with Gasteiger partial charge in [-0.15, -0.1) is 11.3 Å². The van der Waals surface area contributed by atoms with Gasteiger partial charge >= 0.3 is 5.97 Å². The number of fused-ring (bicyclic) bond motifs is 1.